The van der Waals surface area contributed by atoms with Crippen LogP contribution in [0.3, 0.4) is 0 Å². The summed E-state index contributed by atoms with van der Waals surface area (Å²) in [4.78, 5) is 0. The second-order valence-electron chi connectivity index (χ2n) is 3.51. The zero-order valence-electron chi connectivity index (χ0n) is 8.47. The second kappa shape index (κ2) is 3.75. The third-order valence-corrected chi connectivity index (χ3v) is 2.90. The van der Waals surface area contributed by atoms with Crippen molar-refractivity contribution in [2.45, 2.75) is 20.4 Å². The van der Waals surface area contributed by atoms with Gasteiger partial charge in [-0.15, -0.1) is 0 Å². The van der Waals surface area contributed by atoms with E-state index >= 15 is 0 Å². The molecule has 2 rings (SSSR count). The van der Waals surface area contributed by atoms with Gasteiger partial charge in [0, 0.05) is 19.6 Å². The maximum absolute atomic E-state index is 6.17. The molecule has 2 heterocycles. The standard InChI is InChI=1S/C10H14ClN3/c1-3-14-9(4-8-5-12-6-8)10(11)7(2)13-14/h4,12H,3,5-6H2,1-2H3. The van der Waals surface area contributed by atoms with Crippen LogP contribution >= 0.6 is 11.6 Å². The Morgan fingerprint density at radius 2 is 2.29 bits per heavy atom. The van der Waals surface area contributed by atoms with E-state index in [-0.39, 0.29) is 0 Å². The van der Waals surface area contributed by atoms with Crippen LogP contribution in [0.1, 0.15) is 18.3 Å². The van der Waals surface area contributed by atoms with E-state index in [1.807, 2.05) is 11.6 Å². The summed E-state index contributed by atoms with van der Waals surface area (Å²) in [6, 6.07) is 0. The Morgan fingerprint density at radius 1 is 1.57 bits per heavy atom. The van der Waals surface area contributed by atoms with Crippen molar-refractivity contribution in [1.82, 2.24) is 15.1 Å². The molecule has 1 fully saturated rings. The van der Waals surface area contributed by atoms with E-state index in [0.717, 1.165) is 36.0 Å². The SMILES string of the molecule is CCn1nc(C)c(Cl)c1C=C1CNC1. The molecule has 1 aromatic heterocycles. The lowest BCUT2D eigenvalue weighted by atomic mass is 10.1. The van der Waals surface area contributed by atoms with Gasteiger partial charge in [-0.05, 0) is 25.5 Å². The minimum Gasteiger partial charge on any atom is -0.309 e. The highest BCUT2D eigenvalue weighted by Gasteiger charge is 2.13. The van der Waals surface area contributed by atoms with Crippen molar-refractivity contribution < 1.29 is 0 Å². The smallest absolute Gasteiger partial charge is 0.0888 e. The summed E-state index contributed by atoms with van der Waals surface area (Å²) in [7, 11) is 0. The number of rotatable bonds is 2. The largest absolute Gasteiger partial charge is 0.309 e. The van der Waals surface area contributed by atoms with E-state index in [4.69, 9.17) is 11.6 Å². The Hall–Kier alpha value is -0.800. The summed E-state index contributed by atoms with van der Waals surface area (Å²) >= 11 is 6.17. The minimum absolute atomic E-state index is 0.784. The quantitative estimate of drug-likeness (QED) is 0.809. The fraction of sp³-hybridized carbons (Fsp3) is 0.500. The fourth-order valence-electron chi connectivity index (χ4n) is 1.52. The van der Waals surface area contributed by atoms with Crippen molar-refractivity contribution in [3.05, 3.63) is 22.0 Å². The van der Waals surface area contributed by atoms with Crippen molar-refractivity contribution in [1.29, 1.82) is 0 Å². The van der Waals surface area contributed by atoms with Crippen molar-refractivity contribution >= 4 is 17.7 Å². The molecular formula is C10H14ClN3. The molecule has 0 radical (unpaired) electrons. The predicted molar refractivity (Wildman–Crippen MR) is 58.5 cm³/mol. The molecule has 0 aliphatic carbocycles. The highest BCUT2D eigenvalue weighted by molar-refractivity contribution is 6.32. The lowest BCUT2D eigenvalue weighted by Crippen LogP contribution is -2.33. The molecule has 0 amide bonds. The monoisotopic (exact) mass is 211 g/mol. The maximum Gasteiger partial charge on any atom is 0.0888 e. The van der Waals surface area contributed by atoms with E-state index in [9.17, 15) is 0 Å². The molecule has 1 saturated heterocycles. The highest BCUT2D eigenvalue weighted by atomic mass is 35.5. The van der Waals surface area contributed by atoms with Crippen LogP contribution in [0.25, 0.3) is 6.08 Å². The van der Waals surface area contributed by atoms with Gasteiger partial charge < -0.3 is 5.32 Å². The van der Waals surface area contributed by atoms with Crippen molar-refractivity contribution in [3.8, 4) is 0 Å². The molecule has 0 bridgehead atoms. The molecule has 76 valence electrons. The van der Waals surface area contributed by atoms with E-state index in [1.54, 1.807) is 0 Å². The van der Waals surface area contributed by atoms with Gasteiger partial charge in [-0.2, -0.15) is 5.10 Å². The van der Waals surface area contributed by atoms with Crippen molar-refractivity contribution in [3.63, 3.8) is 0 Å². The zero-order chi connectivity index (χ0) is 10.1. The molecule has 1 aliphatic rings. The third kappa shape index (κ3) is 1.57. The highest BCUT2D eigenvalue weighted by Crippen LogP contribution is 2.23. The lowest BCUT2D eigenvalue weighted by molar-refractivity contribution is 0.641. The molecule has 0 spiro atoms. The summed E-state index contributed by atoms with van der Waals surface area (Å²) < 4.78 is 1.95. The fourth-order valence-corrected chi connectivity index (χ4v) is 1.71. The Balaban J connectivity index is 2.39. The van der Waals surface area contributed by atoms with Gasteiger partial charge in [0.25, 0.3) is 0 Å². The van der Waals surface area contributed by atoms with Crippen LogP contribution in [0.15, 0.2) is 5.57 Å². The van der Waals surface area contributed by atoms with Gasteiger partial charge in [0.15, 0.2) is 0 Å². The van der Waals surface area contributed by atoms with Crippen LogP contribution in [0, 0.1) is 6.92 Å². The van der Waals surface area contributed by atoms with Gasteiger partial charge in [0.05, 0.1) is 16.4 Å². The molecule has 0 aromatic carbocycles. The second-order valence-corrected chi connectivity index (χ2v) is 3.88. The summed E-state index contributed by atoms with van der Waals surface area (Å²) in [6.45, 7) is 6.83. The molecule has 0 unspecified atom stereocenters. The number of hydrogen-bond donors (Lipinski definition) is 1. The van der Waals surface area contributed by atoms with Crippen LogP contribution in [-0.2, 0) is 6.54 Å². The first-order valence-corrected chi connectivity index (χ1v) is 5.23. The van der Waals surface area contributed by atoms with E-state index in [2.05, 4.69) is 23.4 Å². The average molecular weight is 212 g/mol. The maximum atomic E-state index is 6.17. The van der Waals surface area contributed by atoms with Crippen LogP contribution in [0.2, 0.25) is 5.02 Å². The molecule has 1 aliphatic heterocycles. The lowest BCUT2D eigenvalue weighted by Gasteiger charge is -2.18. The van der Waals surface area contributed by atoms with E-state index in [1.165, 1.54) is 5.57 Å². The molecule has 1 N–H and O–H groups in total. The Bertz CT molecular complexity index is 373. The third-order valence-electron chi connectivity index (χ3n) is 2.44. The summed E-state index contributed by atoms with van der Waals surface area (Å²) in [5.74, 6) is 0. The van der Waals surface area contributed by atoms with Gasteiger partial charge in [-0.1, -0.05) is 11.6 Å². The number of aryl methyl sites for hydroxylation is 2. The molecule has 0 atom stereocenters. The first kappa shape index (κ1) is 9.74. The molecule has 3 nitrogen and oxygen atoms in total. The first-order valence-electron chi connectivity index (χ1n) is 4.85. The number of hydrogen-bond acceptors (Lipinski definition) is 2. The molecular weight excluding hydrogens is 198 g/mol. The van der Waals surface area contributed by atoms with E-state index in [0.29, 0.717) is 0 Å². The van der Waals surface area contributed by atoms with E-state index < -0.39 is 0 Å². The van der Waals surface area contributed by atoms with Crippen molar-refractivity contribution in [2.24, 2.45) is 0 Å². The zero-order valence-corrected chi connectivity index (χ0v) is 9.23. The summed E-state index contributed by atoms with van der Waals surface area (Å²) in [5, 5.41) is 8.35. The van der Waals surface area contributed by atoms with Gasteiger partial charge in [0.1, 0.15) is 0 Å². The number of aromatic nitrogens is 2. The van der Waals surface area contributed by atoms with Crippen LogP contribution < -0.4 is 5.32 Å². The summed E-state index contributed by atoms with van der Waals surface area (Å²) in [5.41, 5.74) is 3.34. The van der Waals surface area contributed by atoms with Gasteiger partial charge in [-0.3, -0.25) is 4.68 Å². The normalized spacial score (nSPS) is 15.5. The molecule has 1 aromatic rings. The predicted octanol–water partition coefficient (Wildman–Crippen LogP) is 1.85. The molecule has 14 heavy (non-hydrogen) atoms. The van der Waals surface area contributed by atoms with Crippen LogP contribution in [-0.4, -0.2) is 22.9 Å². The number of nitrogens with one attached hydrogen (secondary N) is 1. The number of nitrogens with zero attached hydrogens (tertiary/aromatic N) is 2. The van der Waals surface area contributed by atoms with Gasteiger partial charge in [0.2, 0.25) is 0 Å². The molecule has 4 heteroatoms. The Kier molecular flexibility index (Phi) is 2.61. The van der Waals surface area contributed by atoms with Crippen molar-refractivity contribution in [2.75, 3.05) is 13.1 Å². The van der Waals surface area contributed by atoms with Gasteiger partial charge >= 0.3 is 0 Å². The van der Waals surface area contributed by atoms with Gasteiger partial charge in [-0.25, -0.2) is 0 Å². The Morgan fingerprint density at radius 3 is 2.79 bits per heavy atom. The topological polar surface area (TPSA) is 29.9 Å². The summed E-state index contributed by atoms with van der Waals surface area (Å²) in [6.07, 6.45) is 2.14. The first-order chi connectivity index (χ1) is 6.72. The average Bonchev–Trinajstić information content (AvgIpc) is 2.37. The minimum atomic E-state index is 0.784. The van der Waals surface area contributed by atoms with Crippen LogP contribution in [0.4, 0.5) is 0 Å². The molecule has 0 saturated carbocycles. The number of halogens is 1. The van der Waals surface area contributed by atoms with Crippen LogP contribution in [0.5, 0.6) is 0 Å². The Labute approximate surface area is 88.8 Å².